The molecule has 0 aromatic heterocycles. The number of amides is 2. The Hall–Kier alpha value is -1.14. The molecule has 0 fully saturated rings. The lowest BCUT2D eigenvalue weighted by Gasteiger charge is -2.19. The first-order valence-electron chi connectivity index (χ1n) is 15.6. The Balaban J connectivity index is 3.84. The molecule has 0 aliphatic carbocycles. The summed E-state index contributed by atoms with van der Waals surface area (Å²) in [5.74, 6) is -0.0494. The quantitative estimate of drug-likeness (QED) is 0.0694. The number of carbonyl (C=O) groups excluding carboxylic acids is 2. The van der Waals surface area contributed by atoms with Gasteiger partial charge in [0.25, 0.3) is 0 Å². The van der Waals surface area contributed by atoms with E-state index in [9.17, 15) is 9.59 Å². The smallest absolute Gasteiger partial charge is 0.242 e. The van der Waals surface area contributed by atoms with Crippen LogP contribution >= 0.6 is 0 Å². The molecular formula is C30H62N4O2. The van der Waals surface area contributed by atoms with Crippen molar-refractivity contribution in [3.05, 3.63) is 0 Å². The molecular weight excluding hydrogens is 448 g/mol. The van der Waals surface area contributed by atoms with Crippen molar-refractivity contribution in [1.29, 1.82) is 0 Å². The molecule has 5 N–H and O–H groups in total. The Kier molecular flexibility index (Phi) is 27.5. The highest BCUT2D eigenvalue weighted by Crippen LogP contribution is 2.13. The minimum atomic E-state index is -0.445. The van der Waals surface area contributed by atoms with Crippen LogP contribution in [0.3, 0.4) is 0 Å². The predicted octanol–water partition coefficient (Wildman–Crippen LogP) is 6.72. The molecule has 0 saturated heterocycles. The molecule has 0 saturated carbocycles. The number of nitrogens with one attached hydrogen (secondary N) is 3. The van der Waals surface area contributed by atoms with Gasteiger partial charge in [0.2, 0.25) is 11.8 Å². The Morgan fingerprint density at radius 1 is 0.611 bits per heavy atom. The number of hydrogen-bond donors (Lipinski definition) is 4. The van der Waals surface area contributed by atoms with Crippen LogP contribution < -0.4 is 21.7 Å². The lowest BCUT2D eigenvalue weighted by molar-refractivity contribution is -0.129. The third-order valence-electron chi connectivity index (χ3n) is 6.98. The summed E-state index contributed by atoms with van der Waals surface area (Å²) in [6.45, 7) is 6.33. The van der Waals surface area contributed by atoms with Gasteiger partial charge < -0.3 is 21.7 Å². The highest BCUT2D eigenvalue weighted by Gasteiger charge is 2.19. The lowest BCUT2D eigenvalue weighted by atomic mass is 10.0. The zero-order valence-corrected chi connectivity index (χ0v) is 24.1. The van der Waals surface area contributed by atoms with Crippen LogP contribution in [0.5, 0.6) is 0 Å². The van der Waals surface area contributed by atoms with Crippen molar-refractivity contribution in [3.63, 3.8) is 0 Å². The summed E-state index contributed by atoms with van der Waals surface area (Å²) >= 11 is 0. The molecule has 0 aliphatic rings. The van der Waals surface area contributed by atoms with Crippen LogP contribution in [-0.4, -0.2) is 37.6 Å². The topological polar surface area (TPSA) is 96.2 Å². The maximum Gasteiger partial charge on any atom is 0.242 e. The van der Waals surface area contributed by atoms with E-state index in [0.717, 1.165) is 38.6 Å². The van der Waals surface area contributed by atoms with Gasteiger partial charge in [-0.15, -0.1) is 0 Å². The average Bonchev–Trinajstić information content (AvgIpc) is 2.87. The number of nitrogens with two attached hydrogens (primary N) is 1. The Labute approximate surface area is 224 Å². The van der Waals surface area contributed by atoms with Crippen molar-refractivity contribution < 1.29 is 9.59 Å². The summed E-state index contributed by atoms with van der Waals surface area (Å²) in [7, 11) is 0. The molecule has 0 aliphatic heterocycles. The molecule has 0 radical (unpaired) electrons. The molecule has 6 heteroatoms. The Morgan fingerprint density at radius 2 is 1.08 bits per heavy atom. The van der Waals surface area contributed by atoms with Crippen LogP contribution in [0, 0.1) is 0 Å². The van der Waals surface area contributed by atoms with Gasteiger partial charge in [-0.2, -0.15) is 0 Å². The van der Waals surface area contributed by atoms with E-state index in [1.54, 1.807) is 0 Å². The molecule has 0 aromatic rings. The molecule has 0 heterocycles. The second kappa shape index (κ2) is 28.4. The van der Waals surface area contributed by atoms with E-state index in [1.807, 2.05) is 0 Å². The fourth-order valence-electron chi connectivity index (χ4n) is 4.61. The maximum absolute atomic E-state index is 12.6. The van der Waals surface area contributed by atoms with Gasteiger partial charge in [-0.3, -0.25) is 9.59 Å². The summed E-state index contributed by atoms with van der Waals surface area (Å²) in [5, 5.41) is 9.08. The van der Waals surface area contributed by atoms with Crippen LogP contribution in [0.25, 0.3) is 0 Å². The lowest BCUT2D eigenvalue weighted by Crippen LogP contribution is -2.47. The van der Waals surface area contributed by atoms with Crippen LogP contribution in [0.4, 0.5) is 0 Å². The fourth-order valence-corrected chi connectivity index (χ4v) is 4.61. The molecule has 1 unspecified atom stereocenters. The van der Waals surface area contributed by atoms with Crippen LogP contribution in [-0.2, 0) is 9.59 Å². The van der Waals surface area contributed by atoms with Crippen LogP contribution in [0.2, 0.25) is 0 Å². The molecule has 214 valence electrons. The zero-order chi connectivity index (χ0) is 26.5. The second-order valence-electron chi connectivity index (χ2n) is 10.5. The van der Waals surface area contributed by atoms with Gasteiger partial charge in [0.05, 0.1) is 0 Å². The minimum absolute atomic E-state index is 0.00242. The van der Waals surface area contributed by atoms with E-state index in [0.29, 0.717) is 26.1 Å². The first-order valence-corrected chi connectivity index (χ1v) is 15.6. The van der Waals surface area contributed by atoms with Crippen molar-refractivity contribution >= 4 is 11.8 Å². The van der Waals surface area contributed by atoms with Crippen molar-refractivity contribution in [2.75, 3.05) is 19.8 Å². The number of unbranched alkanes of at least 4 members (excludes halogenated alkanes) is 17. The second-order valence-corrected chi connectivity index (χ2v) is 10.5. The predicted molar refractivity (Wildman–Crippen MR) is 155 cm³/mol. The van der Waals surface area contributed by atoms with E-state index >= 15 is 0 Å². The number of hydrogen-bond acceptors (Lipinski definition) is 4. The zero-order valence-electron chi connectivity index (χ0n) is 24.1. The van der Waals surface area contributed by atoms with Gasteiger partial charge in [0.1, 0.15) is 6.04 Å². The van der Waals surface area contributed by atoms with Crippen molar-refractivity contribution in [3.8, 4) is 0 Å². The van der Waals surface area contributed by atoms with Crippen LogP contribution in [0.15, 0.2) is 0 Å². The molecule has 0 bridgehead atoms. The summed E-state index contributed by atoms with van der Waals surface area (Å²) < 4.78 is 0. The molecule has 1 atom stereocenters. The van der Waals surface area contributed by atoms with Gasteiger partial charge in [0.15, 0.2) is 0 Å². The molecule has 0 aromatic carbocycles. The van der Waals surface area contributed by atoms with Crippen LogP contribution in [0.1, 0.15) is 155 Å². The highest BCUT2D eigenvalue weighted by atomic mass is 16.2. The van der Waals surface area contributed by atoms with E-state index < -0.39 is 6.04 Å². The van der Waals surface area contributed by atoms with Gasteiger partial charge in [-0.1, -0.05) is 123 Å². The molecule has 0 rings (SSSR count). The Bertz CT molecular complexity index is 488. The highest BCUT2D eigenvalue weighted by molar-refractivity contribution is 5.87. The van der Waals surface area contributed by atoms with E-state index in [-0.39, 0.29) is 11.8 Å². The summed E-state index contributed by atoms with van der Waals surface area (Å²) in [6.07, 6.45) is 26.2. The van der Waals surface area contributed by atoms with Gasteiger partial charge in [0, 0.05) is 19.6 Å². The van der Waals surface area contributed by atoms with Gasteiger partial charge >= 0.3 is 0 Å². The van der Waals surface area contributed by atoms with E-state index in [4.69, 9.17) is 5.73 Å². The largest absolute Gasteiger partial charge is 0.354 e. The molecule has 0 spiro atoms. The van der Waals surface area contributed by atoms with Crippen molar-refractivity contribution in [1.82, 2.24) is 16.0 Å². The molecule has 36 heavy (non-hydrogen) atoms. The SMILES string of the molecule is CCCCCCCCCCCCCCCCCC(=O)NC(CCCNCN)C(=O)NCCCCCC. The summed E-state index contributed by atoms with van der Waals surface area (Å²) in [6, 6.07) is -0.445. The molecule has 2 amide bonds. The number of carbonyl (C=O) groups is 2. The monoisotopic (exact) mass is 510 g/mol. The van der Waals surface area contributed by atoms with E-state index in [1.165, 1.54) is 96.3 Å². The maximum atomic E-state index is 12.6. The number of rotatable bonds is 28. The third-order valence-corrected chi connectivity index (χ3v) is 6.98. The summed E-state index contributed by atoms with van der Waals surface area (Å²) in [4.78, 5) is 25.1. The standard InChI is InChI=1S/C30H62N4O2/c1-3-5-7-9-10-11-12-13-14-15-16-17-18-19-20-24-29(35)34-28(23-22-25-32-27-31)30(36)33-26-21-8-6-4-2/h28,32H,3-27,31H2,1-2H3,(H,33,36)(H,34,35). The average molecular weight is 511 g/mol. The normalized spacial score (nSPS) is 12.0. The van der Waals surface area contributed by atoms with E-state index in [2.05, 4.69) is 29.8 Å². The van der Waals surface area contributed by atoms with Gasteiger partial charge in [-0.05, 0) is 32.2 Å². The Morgan fingerprint density at radius 3 is 1.58 bits per heavy atom. The van der Waals surface area contributed by atoms with Crippen molar-refractivity contribution in [2.45, 2.75) is 161 Å². The minimum Gasteiger partial charge on any atom is -0.354 e. The van der Waals surface area contributed by atoms with Gasteiger partial charge in [-0.25, -0.2) is 0 Å². The molecule has 6 nitrogen and oxygen atoms in total. The third kappa shape index (κ3) is 24.5. The van der Waals surface area contributed by atoms with Crippen molar-refractivity contribution in [2.24, 2.45) is 5.73 Å². The fraction of sp³-hybridized carbons (Fsp3) is 0.933. The first kappa shape index (κ1) is 34.9. The summed E-state index contributed by atoms with van der Waals surface area (Å²) in [5.41, 5.74) is 5.48. The first-order chi connectivity index (χ1) is 17.7.